The second-order valence-corrected chi connectivity index (χ2v) is 8.29. The van der Waals surface area contributed by atoms with Crippen molar-refractivity contribution in [2.75, 3.05) is 11.1 Å². The van der Waals surface area contributed by atoms with E-state index in [1.807, 2.05) is 12.1 Å². The van der Waals surface area contributed by atoms with Crippen molar-refractivity contribution in [3.63, 3.8) is 0 Å². The number of carbonyl (C=O) groups is 1. The third-order valence-electron chi connectivity index (χ3n) is 5.10. The average molecular weight is 436 g/mol. The molecule has 0 unspecified atom stereocenters. The summed E-state index contributed by atoms with van der Waals surface area (Å²) in [6.07, 6.45) is 1.44. The Morgan fingerprint density at radius 3 is 2.29 bits per heavy atom. The van der Waals surface area contributed by atoms with Crippen molar-refractivity contribution < 1.29 is 25.2 Å². The van der Waals surface area contributed by atoms with Gasteiger partial charge in [-0.3, -0.25) is 4.79 Å². The predicted octanol–water partition coefficient (Wildman–Crippen LogP) is 4.60. The molecule has 0 bridgehead atoms. The Morgan fingerprint density at radius 1 is 0.839 bits per heavy atom. The van der Waals surface area contributed by atoms with Gasteiger partial charge in [0.1, 0.15) is 11.5 Å². The van der Waals surface area contributed by atoms with E-state index in [-0.39, 0.29) is 34.5 Å². The first-order valence-electron chi connectivity index (χ1n) is 9.70. The number of benzene rings is 3. The summed E-state index contributed by atoms with van der Waals surface area (Å²) in [6, 6.07) is 16.9. The van der Waals surface area contributed by atoms with Crippen LogP contribution in [-0.4, -0.2) is 32.1 Å². The summed E-state index contributed by atoms with van der Waals surface area (Å²) >= 11 is 1.43. The molecule has 158 valence electrons. The van der Waals surface area contributed by atoms with Crippen molar-refractivity contribution in [2.45, 2.75) is 17.7 Å². The number of aryl methyl sites for hydroxylation is 2. The van der Waals surface area contributed by atoms with Gasteiger partial charge in [-0.25, -0.2) is 0 Å². The molecule has 7 heteroatoms. The molecule has 0 spiro atoms. The molecule has 0 radical (unpaired) electrons. The molecular weight excluding hydrogens is 414 g/mol. The zero-order chi connectivity index (χ0) is 22.0. The summed E-state index contributed by atoms with van der Waals surface area (Å²) in [6.45, 7) is 0. The van der Waals surface area contributed by atoms with Crippen LogP contribution in [0.3, 0.4) is 0 Å². The number of fused-ring (bicyclic) bond motifs is 1. The molecule has 0 aliphatic carbocycles. The number of aromatic hydroxyl groups is 3. The van der Waals surface area contributed by atoms with Gasteiger partial charge in [0, 0.05) is 21.9 Å². The van der Waals surface area contributed by atoms with Crippen LogP contribution in [-0.2, 0) is 17.6 Å². The SMILES string of the molecule is O=C(Nc1ccc(CCc2ccc(O)c(O)c2)cc1)C1=C(O)c2cc(O)ccc2SC1. The van der Waals surface area contributed by atoms with Crippen LogP contribution in [0.5, 0.6) is 17.2 Å². The lowest BCUT2D eigenvalue weighted by atomic mass is 10.0. The van der Waals surface area contributed by atoms with E-state index < -0.39 is 0 Å². The van der Waals surface area contributed by atoms with E-state index in [0.717, 1.165) is 22.4 Å². The van der Waals surface area contributed by atoms with Crippen LogP contribution in [0.2, 0.25) is 0 Å². The van der Waals surface area contributed by atoms with Gasteiger partial charge in [0.05, 0.1) is 5.57 Å². The molecule has 3 aromatic rings. The van der Waals surface area contributed by atoms with Crippen molar-refractivity contribution in [1.29, 1.82) is 0 Å². The van der Waals surface area contributed by atoms with Gasteiger partial charge in [0.15, 0.2) is 11.5 Å². The first-order valence-corrected chi connectivity index (χ1v) is 10.7. The zero-order valence-electron chi connectivity index (χ0n) is 16.5. The van der Waals surface area contributed by atoms with Crippen LogP contribution in [0.1, 0.15) is 16.7 Å². The van der Waals surface area contributed by atoms with Gasteiger partial charge in [-0.2, -0.15) is 0 Å². The number of aliphatic hydroxyl groups excluding tert-OH is 1. The number of hydrogen-bond acceptors (Lipinski definition) is 6. The number of hydrogen-bond donors (Lipinski definition) is 5. The number of phenolic OH excluding ortho intramolecular Hbond substituents is 3. The van der Waals surface area contributed by atoms with Crippen molar-refractivity contribution in [3.05, 3.63) is 82.9 Å². The number of aliphatic hydroxyl groups is 1. The molecule has 0 saturated carbocycles. The monoisotopic (exact) mass is 435 g/mol. The molecule has 0 atom stereocenters. The summed E-state index contributed by atoms with van der Waals surface area (Å²) in [4.78, 5) is 13.5. The Labute approximate surface area is 183 Å². The lowest BCUT2D eigenvalue weighted by Crippen LogP contribution is -2.19. The fraction of sp³-hybridized carbons (Fsp3) is 0.125. The molecular formula is C24H21NO5S. The highest BCUT2D eigenvalue weighted by Gasteiger charge is 2.24. The summed E-state index contributed by atoms with van der Waals surface area (Å²) in [7, 11) is 0. The molecule has 1 aliphatic heterocycles. The fourth-order valence-corrected chi connectivity index (χ4v) is 4.40. The van der Waals surface area contributed by atoms with Gasteiger partial charge in [0.2, 0.25) is 0 Å². The smallest absolute Gasteiger partial charge is 0.256 e. The Balaban J connectivity index is 1.41. The average Bonchev–Trinajstić information content (AvgIpc) is 2.76. The number of anilines is 1. The van der Waals surface area contributed by atoms with E-state index in [0.29, 0.717) is 23.4 Å². The van der Waals surface area contributed by atoms with Gasteiger partial charge < -0.3 is 25.7 Å². The number of amides is 1. The molecule has 0 aromatic heterocycles. The van der Waals surface area contributed by atoms with E-state index in [4.69, 9.17) is 0 Å². The summed E-state index contributed by atoms with van der Waals surface area (Å²) < 4.78 is 0. The first-order chi connectivity index (χ1) is 14.9. The Bertz CT molecular complexity index is 1170. The summed E-state index contributed by atoms with van der Waals surface area (Å²) in [5.74, 6) is -0.395. The van der Waals surface area contributed by atoms with E-state index in [9.17, 15) is 25.2 Å². The van der Waals surface area contributed by atoms with Crippen LogP contribution in [0, 0.1) is 0 Å². The molecule has 1 amide bonds. The van der Waals surface area contributed by atoms with Gasteiger partial charge in [0.25, 0.3) is 5.91 Å². The highest BCUT2D eigenvalue weighted by molar-refractivity contribution is 7.99. The molecule has 31 heavy (non-hydrogen) atoms. The minimum Gasteiger partial charge on any atom is -0.508 e. The Morgan fingerprint density at radius 2 is 1.55 bits per heavy atom. The number of phenols is 3. The molecule has 6 nitrogen and oxygen atoms in total. The summed E-state index contributed by atoms with van der Waals surface area (Å²) in [5.41, 5.74) is 3.31. The zero-order valence-corrected chi connectivity index (χ0v) is 17.3. The number of nitrogens with one attached hydrogen (secondary N) is 1. The van der Waals surface area contributed by atoms with Crippen LogP contribution >= 0.6 is 11.8 Å². The minimum atomic E-state index is -0.383. The van der Waals surface area contributed by atoms with Gasteiger partial charge in [-0.15, -0.1) is 11.8 Å². The molecule has 3 aromatic carbocycles. The largest absolute Gasteiger partial charge is 0.508 e. The van der Waals surface area contributed by atoms with Crippen molar-refractivity contribution in [2.24, 2.45) is 0 Å². The quantitative estimate of drug-likeness (QED) is 0.375. The van der Waals surface area contributed by atoms with Crippen molar-refractivity contribution in [1.82, 2.24) is 0 Å². The molecule has 1 aliphatic rings. The van der Waals surface area contributed by atoms with Crippen LogP contribution in [0.4, 0.5) is 5.69 Å². The van der Waals surface area contributed by atoms with Crippen LogP contribution in [0.15, 0.2) is 71.1 Å². The third-order valence-corrected chi connectivity index (χ3v) is 6.20. The highest BCUT2D eigenvalue weighted by Crippen LogP contribution is 2.38. The van der Waals surface area contributed by atoms with Crippen LogP contribution < -0.4 is 5.32 Å². The van der Waals surface area contributed by atoms with Crippen molar-refractivity contribution in [3.8, 4) is 17.2 Å². The number of thioether (sulfide) groups is 1. The molecule has 1 heterocycles. The second-order valence-electron chi connectivity index (χ2n) is 7.27. The predicted molar refractivity (Wildman–Crippen MR) is 121 cm³/mol. The Kier molecular flexibility index (Phi) is 5.77. The van der Waals surface area contributed by atoms with E-state index in [1.54, 1.807) is 36.4 Å². The highest BCUT2D eigenvalue weighted by atomic mass is 32.2. The summed E-state index contributed by atoms with van der Waals surface area (Å²) in [5, 5.41) is 42.0. The standard InChI is InChI=1S/C24H21NO5S/c26-17-8-10-22-18(12-17)23(29)19(13-31-22)24(30)25-16-6-3-14(4-7-16)1-2-15-5-9-20(27)21(28)11-15/h3-12,26-29H,1-2,13H2,(H,25,30). The molecule has 5 N–H and O–H groups in total. The molecule has 0 fully saturated rings. The normalized spacial score (nSPS) is 13.0. The topological polar surface area (TPSA) is 110 Å². The molecule has 4 rings (SSSR count). The van der Waals surface area contributed by atoms with Crippen molar-refractivity contribution >= 4 is 29.1 Å². The maximum atomic E-state index is 12.7. The first kappa shape index (κ1) is 20.7. The lowest BCUT2D eigenvalue weighted by molar-refractivity contribution is -0.112. The van der Waals surface area contributed by atoms with Gasteiger partial charge in [-0.05, 0) is 66.4 Å². The van der Waals surface area contributed by atoms with Crippen LogP contribution in [0.25, 0.3) is 5.76 Å². The maximum absolute atomic E-state index is 12.7. The van der Waals surface area contributed by atoms with E-state index in [2.05, 4.69) is 5.32 Å². The lowest BCUT2D eigenvalue weighted by Gasteiger charge is -2.19. The van der Waals surface area contributed by atoms with E-state index in [1.165, 1.54) is 23.9 Å². The molecule has 0 saturated heterocycles. The fourth-order valence-electron chi connectivity index (χ4n) is 3.36. The number of rotatable bonds is 5. The maximum Gasteiger partial charge on any atom is 0.256 e. The second kappa shape index (κ2) is 8.65. The third kappa shape index (κ3) is 4.62. The Hall–Kier alpha value is -3.58. The van der Waals surface area contributed by atoms with Gasteiger partial charge >= 0.3 is 0 Å². The van der Waals surface area contributed by atoms with E-state index >= 15 is 0 Å². The minimum absolute atomic E-state index is 0.0330. The van der Waals surface area contributed by atoms with Gasteiger partial charge in [-0.1, -0.05) is 18.2 Å². The number of carbonyl (C=O) groups excluding carboxylic acids is 1.